The van der Waals surface area contributed by atoms with Crippen molar-refractivity contribution in [3.63, 3.8) is 0 Å². The Balaban J connectivity index is 1.56. The minimum absolute atomic E-state index is 0.00761. The van der Waals surface area contributed by atoms with Crippen molar-refractivity contribution in [2.45, 2.75) is 97.4 Å². The average Bonchev–Trinajstić information content (AvgIpc) is 3.45. The largest absolute Gasteiger partial charge is 0.465 e. The lowest BCUT2D eigenvalue weighted by Gasteiger charge is -2.66. The summed E-state index contributed by atoms with van der Waals surface area (Å²) in [6.07, 6.45) is 6.15. The highest BCUT2D eigenvalue weighted by atomic mass is 16.6. The summed E-state index contributed by atoms with van der Waals surface area (Å²) < 4.78 is 23.6. The first-order chi connectivity index (χ1) is 15.5. The van der Waals surface area contributed by atoms with E-state index >= 15 is 0 Å². The van der Waals surface area contributed by atoms with E-state index < -0.39 is 5.41 Å². The summed E-state index contributed by atoms with van der Waals surface area (Å²) >= 11 is 0. The monoisotopic (exact) mass is 462 g/mol. The lowest BCUT2D eigenvalue weighted by molar-refractivity contribution is -0.243. The fourth-order valence-corrected chi connectivity index (χ4v) is 9.13. The third-order valence-electron chi connectivity index (χ3n) is 10.4. The Kier molecular flexibility index (Phi) is 5.21. The fourth-order valence-electron chi connectivity index (χ4n) is 9.13. The Morgan fingerprint density at radius 2 is 1.58 bits per heavy atom. The molecule has 9 atom stereocenters. The maximum absolute atomic E-state index is 12.3. The molecular weight excluding hydrogens is 424 g/mol. The number of esters is 3. The first-order valence-corrected chi connectivity index (χ1v) is 12.6. The van der Waals surface area contributed by atoms with Gasteiger partial charge in [-0.15, -0.1) is 0 Å². The number of rotatable bonds is 4. The van der Waals surface area contributed by atoms with Crippen LogP contribution in [0.4, 0.5) is 0 Å². The van der Waals surface area contributed by atoms with E-state index in [2.05, 4.69) is 13.8 Å². The van der Waals surface area contributed by atoms with Gasteiger partial charge in [0.15, 0.2) is 0 Å². The Morgan fingerprint density at radius 3 is 2.18 bits per heavy atom. The number of carbonyl (C=O) groups is 3. The third-order valence-corrected chi connectivity index (χ3v) is 10.4. The molecule has 4 aliphatic carbocycles. The van der Waals surface area contributed by atoms with Crippen LogP contribution in [0.3, 0.4) is 0 Å². The summed E-state index contributed by atoms with van der Waals surface area (Å²) in [6, 6.07) is 0. The zero-order valence-electron chi connectivity index (χ0n) is 20.6. The van der Waals surface area contributed by atoms with Crippen molar-refractivity contribution in [1.82, 2.24) is 0 Å². The molecule has 1 heterocycles. The molecule has 0 aromatic carbocycles. The molecule has 5 aliphatic rings. The van der Waals surface area contributed by atoms with Gasteiger partial charge in [0, 0.05) is 31.6 Å². The van der Waals surface area contributed by atoms with E-state index in [0.29, 0.717) is 18.3 Å². The third kappa shape index (κ3) is 3.35. The molecule has 5 rings (SSSR count). The minimum Gasteiger partial charge on any atom is -0.465 e. The van der Waals surface area contributed by atoms with E-state index in [9.17, 15) is 14.4 Å². The van der Waals surface area contributed by atoms with Crippen LogP contribution >= 0.6 is 0 Å². The lowest BCUT2D eigenvalue weighted by Crippen LogP contribution is -2.66. The summed E-state index contributed by atoms with van der Waals surface area (Å²) in [4.78, 5) is 36.1. The Morgan fingerprint density at radius 1 is 0.909 bits per heavy atom. The molecule has 7 nitrogen and oxygen atoms in total. The fraction of sp³-hybridized carbons (Fsp3) is 0.885. The van der Waals surface area contributed by atoms with Gasteiger partial charge in [-0.25, -0.2) is 0 Å². The molecule has 7 heteroatoms. The standard InChI is InChI=1S/C26H38O7/c1-15(27)30-13-24(5)20-10-22(33-17(3)29)25-11-18(26(12-25)14-31-26)6-7-19(25)23(20,4)9-8-21(24)32-16(2)28/h18-22H,6-14H2,1-5H3/t18-,19-,20?,21+,22-,23-,24+,25+,26-/m0/s1. The molecule has 0 aromatic rings. The maximum atomic E-state index is 12.3. The first-order valence-electron chi connectivity index (χ1n) is 12.6. The van der Waals surface area contributed by atoms with Crippen LogP contribution in [0.15, 0.2) is 0 Å². The van der Waals surface area contributed by atoms with Gasteiger partial charge in [0.25, 0.3) is 0 Å². The second-order valence-corrected chi connectivity index (χ2v) is 12.1. The molecule has 1 saturated heterocycles. The summed E-state index contributed by atoms with van der Waals surface area (Å²) in [7, 11) is 0. The topological polar surface area (TPSA) is 91.4 Å². The highest BCUT2D eigenvalue weighted by Gasteiger charge is 2.75. The van der Waals surface area contributed by atoms with Gasteiger partial charge in [0.2, 0.25) is 0 Å². The van der Waals surface area contributed by atoms with Gasteiger partial charge in [-0.1, -0.05) is 13.8 Å². The molecule has 0 N–H and O–H groups in total. The van der Waals surface area contributed by atoms with Crippen LogP contribution in [0.1, 0.15) is 79.6 Å². The van der Waals surface area contributed by atoms with Gasteiger partial charge in [-0.05, 0) is 68.1 Å². The van der Waals surface area contributed by atoms with E-state index in [-0.39, 0.29) is 59.1 Å². The average molecular weight is 463 g/mol. The van der Waals surface area contributed by atoms with Crippen molar-refractivity contribution < 1.29 is 33.3 Å². The van der Waals surface area contributed by atoms with Gasteiger partial charge in [-0.2, -0.15) is 0 Å². The zero-order chi connectivity index (χ0) is 23.8. The smallest absolute Gasteiger partial charge is 0.302 e. The van der Waals surface area contributed by atoms with Gasteiger partial charge >= 0.3 is 17.9 Å². The Labute approximate surface area is 196 Å². The SMILES string of the molecule is CC(=O)OC[C@]1(C)C2C[C@H](OC(C)=O)[C@@]34C[C@H](CC[C@H]3[C@]2(C)CC[C@H]1OC(C)=O)[C@@]1(CO1)C4. The van der Waals surface area contributed by atoms with Crippen molar-refractivity contribution >= 4 is 17.9 Å². The minimum atomic E-state index is -0.548. The van der Waals surface area contributed by atoms with Crippen LogP contribution in [-0.4, -0.2) is 48.9 Å². The molecule has 2 bridgehead atoms. The predicted octanol–water partition coefficient (Wildman–Crippen LogP) is 3.81. The van der Waals surface area contributed by atoms with Gasteiger partial charge in [-0.3, -0.25) is 14.4 Å². The van der Waals surface area contributed by atoms with Crippen molar-refractivity contribution in [2.24, 2.45) is 34.0 Å². The van der Waals surface area contributed by atoms with Crippen LogP contribution in [0, 0.1) is 34.0 Å². The number of hydrogen-bond donors (Lipinski definition) is 0. The second-order valence-electron chi connectivity index (χ2n) is 12.1. The molecule has 33 heavy (non-hydrogen) atoms. The van der Waals surface area contributed by atoms with E-state index in [4.69, 9.17) is 18.9 Å². The molecule has 1 unspecified atom stereocenters. The quantitative estimate of drug-likeness (QED) is 0.356. The van der Waals surface area contributed by atoms with Crippen molar-refractivity contribution in [3.8, 4) is 0 Å². The number of ether oxygens (including phenoxy) is 4. The van der Waals surface area contributed by atoms with Crippen LogP contribution in [0.5, 0.6) is 0 Å². The van der Waals surface area contributed by atoms with Gasteiger partial charge < -0.3 is 18.9 Å². The normalized spacial score (nSPS) is 49.5. The zero-order valence-corrected chi connectivity index (χ0v) is 20.6. The lowest BCUT2D eigenvalue weighted by atomic mass is 9.40. The molecule has 1 aliphatic heterocycles. The van der Waals surface area contributed by atoms with E-state index in [1.165, 1.54) is 20.8 Å². The van der Waals surface area contributed by atoms with E-state index in [0.717, 1.165) is 45.1 Å². The molecule has 4 saturated carbocycles. The van der Waals surface area contributed by atoms with Crippen molar-refractivity contribution in [3.05, 3.63) is 0 Å². The van der Waals surface area contributed by atoms with Gasteiger partial charge in [0.1, 0.15) is 18.8 Å². The molecular formula is C26H38O7. The molecule has 0 aromatic heterocycles. The Bertz CT molecular complexity index is 865. The van der Waals surface area contributed by atoms with Crippen molar-refractivity contribution in [2.75, 3.05) is 13.2 Å². The van der Waals surface area contributed by atoms with E-state index in [1.54, 1.807) is 0 Å². The number of epoxide rings is 1. The summed E-state index contributed by atoms with van der Waals surface area (Å²) in [5.41, 5.74) is -0.638. The van der Waals surface area contributed by atoms with Crippen LogP contribution in [0.25, 0.3) is 0 Å². The Hall–Kier alpha value is -1.63. The highest BCUT2D eigenvalue weighted by molar-refractivity contribution is 5.67. The number of carbonyl (C=O) groups excluding carboxylic acids is 3. The molecule has 184 valence electrons. The predicted molar refractivity (Wildman–Crippen MR) is 118 cm³/mol. The van der Waals surface area contributed by atoms with Gasteiger partial charge in [0.05, 0.1) is 12.2 Å². The summed E-state index contributed by atoms with van der Waals surface area (Å²) in [6.45, 7) is 9.87. The maximum Gasteiger partial charge on any atom is 0.302 e. The number of fused-ring (bicyclic) bond motifs is 4. The van der Waals surface area contributed by atoms with E-state index in [1.807, 2.05) is 0 Å². The molecule has 5 fully saturated rings. The molecule has 0 radical (unpaired) electrons. The van der Waals surface area contributed by atoms with Crippen LogP contribution in [0.2, 0.25) is 0 Å². The number of hydrogen-bond acceptors (Lipinski definition) is 7. The summed E-state index contributed by atoms with van der Waals surface area (Å²) in [5.74, 6) is 0.143. The first kappa shape index (κ1) is 23.1. The molecule has 0 amide bonds. The second kappa shape index (κ2) is 7.43. The summed E-state index contributed by atoms with van der Waals surface area (Å²) in [5, 5.41) is 0. The van der Waals surface area contributed by atoms with Crippen molar-refractivity contribution in [1.29, 1.82) is 0 Å². The highest BCUT2D eigenvalue weighted by Crippen LogP contribution is 2.75. The van der Waals surface area contributed by atoms with Crippen LogP contribution in [-0.2, 0) is 33.3 Å². The van der Waals surface area contributed by atoms with Crippen LogP contribution < -0.4 is 0 Å². The molecule has 2 spiro atoms.